The molecule has 3 aromatic rings. The van der Waals surface area contributed by atoms with E-state index < -0.39 is 0 Å². The Morgan fingerprint density at radius 2 is 1.89 bits per heavy atom. The van der Waals surface area contributed by atoms with Crippen LogP contribution in [-0.4, -0.2) is 19.6 Å². The zero-order chi connectivity index (χ0) is 13.4. The second-order valence-electron chi connectivity index (χ2n) is 4.78. The van der Waals surface area contributed by atoms with Crippen LogP contribution < -0.4 is 5.73 Å². The smallest absolute Gasteiger partial charge is 0.219 e. The molecule has 96 valence electrons. The molecule has 0 aliphatic rings. The molecule has 0 saturated carbocycles. The van der Waals surface area contributed by atoms with Gasteiger partial charge in [0, 0.05) is 29.7 Å². The number of nitrogens with zero attached hydrogens (tertiary/aromatic N) is 4. The molecule has 0 spiro atoms. The summed E-state index contributed by atoms with van der Waals surface area (Å²) in [4.78, 5) is 8.14. The molecule has 19 heavy (non-hydrogen) atoms. The number of hydrogen-bond acceptors (Lipinski definition) is 4. The number of anilines is 1. The van der Waals surface area contributed by atoms with Crippen LogP contribution in [0, 0.1) is 0 Å². The molecule has 0 saturated heterocycles. The van der Waals surface area contributed by atoms with Gasteiger partial charge >= 0.3 is 0 Å². The highest BCUT2D eigenvalue weighted by molar-refractivity contribution is 5.82. The van der Waals surface area contributed by atoms with E-state index in [1.54, 1.807) is 12.4 Å². The lowest BCUT2D eigenvalue weighted by Crippen LogP contribution is -1.95. The standard InChI is InChI=1S/C14H15N5/c1-9(2)13-12(10-7-16-14(15)17-8-10)11-5-3-4-6-19(11)18-13/h3-9H,1-2H3,(H2,15,16,17). The van der Waals surface area contributed by atoms with E-state index in [0.717, 1.165) is 22.3 Å². The van der Waals surface area contributed by atoms with E-state index in [-0.39, 0.29) is 5.95 Å². The third-order valence-corrected chi connectivity index (χ3v) is 3.07. The van der Waals surface area contributed by atoms with Crippen LogP contribution in [0.3, 0.4) is 0 Å². The third-order valence-electron chi connectivity index (χ3n) is 3.07. The van der Waals surface area contributed by atoms with Gasteiger partial charge in [0.2, 0.25) is 5.95 Å². The van der Waals surface area contributed by atoms with Gasteiger partial charge in [-0.05, 0) is 18.1 Å². The molecule has 0 bridgehead atoms. The molecule has 0 fully saturated rings. The van der Waals surface area contributed by atoms with Crippen molar-refractivity contribution in [1.29, 1.82) is 0 Å². The fourth-order valence-corrected chi connectivity index (χ4v) is 2.18. The van der Waals surface area contributed by atoms with Gasteiger partial charge in [0.05, 0.1) is 11.2 Å². The van der Waals surface area contributed by atoms with Gasteiger partial charge in [-0.25, -0.2) is 14.5 Å². The van der Waals surface area contributed by atoms with Crippen LogP contribution in [0.15, 0.2) is 36.8 Å². The quantitative estimate of drug-likeness (QED) is 0.761. The highest BCUT2D eigenvalue weighted by atomic mass is 15.2. The molecule has 3 heterocycles. The third kappa shape index (κ3) is 1.93. The summed E-state index contributed by atoms with van der Waals surface area (Å²) in [5, 5.41) is 4.64. The van der Waals surface area contributed by atoms with Crippen molar-refractivity contribution in [3.63, 3.8) is 0 Å². The normalized spacial score (nSPS) is 11.3. The fraction of sp³-hybridized carbons (Fsp3) is 0.214. The van der Waals surface area contributed by atoms with Crippen molar-refractivity contribution < 1.29 is 0 Å². The number of hydrogen-bond donors (Lipinski definition) is 1. The lowest BCUT2D eigenvalue weighted by Gasteiger charge is -2.05. The minimum Gasteiger partial charge on any atom is -0.368 e. The van der Waals surface area contributed by atoms with Crippen LogP contribution in [0.25, 0.3) is 16.6 Å². The highest BCUT2D eigenvalue weighted by Crippen LogP contribution is 2.31. The Labute approximate surface area is 111 Å². The Morgan fingerprint density at radius 3 is 2.58 bits per heavy atom. The van der Waals surface area contributed by atoms with Gasteiger partial charge in [-0.1, -0.05) is 19.9 Å². The van der Waals surface area contributed by atoms with E-state index in [1.807, 2.05) is 28.9 Å². The molecular weight excluding hydrogens is 238 g/mol. The van der Waals surface area contributed by atoms with Gasteiger partial charge in [-0.15, -0.1) is 0 Å². The average molecular weight is 253 g/mol. The lowest BCUT2D eigenvalue weighted by molar-refractivity contribution is 0.789. The van der Waals surface area contributed by atoms with E-state index in [1.165, 1.54) is 0 Å². The van der Waals surface area contributed by atoms with Crippen LogP contribution >= 0.6 is 0 Å². The molecular formula is C14H15N5. The predicted octanol–water partition coefficient (Wildman–Crippen LogP) is 2.50. The Balaban J connectivity index is 2.31. The molecule has 5 heteroatoms. The van der Waals surface area contributed by atoms with Gasteiger partial charge in [0.15, 0.2) is 0 Å². The first-order valence-corrected chi connectivity index (χ1v) is 6.22. The Bertz CT molecular complexity index is 712. The van der Waals surface area contributed by atoms with Crippen molar-refractivity contribution in [1.82, 2.24) is 19.6 Å². The molecule has 0 amide bonds. The molecule has 0 atom stereocenters. The first-order chi connectivity index (χ1) is 9.16. The number of rotatable bonds is 2. The van der Waals surface area contributed by atoms with Crippen molar-refractivity contribution in [2.75, 3.05) is 5.73 Å². The topological polar surface area (TPSA) is 69.1 Å². The van der Waals surface area contributed by atoms with E-state index in [9.17, 15) is 0 Å². The molecule has 0 radical (unpaired) electrons. The maximum Gasteiger partial charge on any atom is 0.219 e. The minimum atomic E-state index is 0.284. The van der Waals surface area contributed by atoms with E-state index in [2.05, 4.69) is 28.9 Å². The first-order valence-electron chi connectivity index (χ1n) is 6.22. The maximum atomic E-state index is 5.55. The van der Waals surface area contributed by atoms with Crippen LogP contribution in [0.1, 0.15) is 25.5 Å². The van der Waals surface area contributed by atoms with Crippen LogP contribution in [0.5, 0.6) is 0 Å². The van der Waals surface area contributed by atoms with Gasteiger partial charge in [0.1, 0.15) is 0 Å². The van der Waals surface area contributed by atoms with Crippen molar-refractivity contribution in [3.8, 4) is 11.1 Å². The van der Waals surface area contributed by atoms with E-state index in [4.69, 9.17) is 5.73 Å². The van der Waals surface area contributed by atoms with Gasteiger partial charge < -0.3 is 5.73 Å². The second-order valence-corrected chi connectivity index (χ2v) is 4.78. The maximum absolute atomic E-state index is 5.55. The van der Waals surface area contributed by atoms with Crippen molar-refractivity contribution in [2.24, 2.45) is 0 Å². The summed E-state index contributed by atoms with van der Waals surface area (Å²) in [5.74, 6) is 0.610. The summed E-state index contributed by atoms with van der Waals surface area (Å²) in [7, 11) is 0. The Kier molecular flexibility index (Phi) is 2.67. The molecule has 3 aromatic heterocycles. The zero-order valence-electron chi connectivity index (χ0n) is 10.9. The molecule has 0 aliphatic heterocycles. The summed E-state index contributed by atoms with van der Waals surface area (Å²) in [6, 6.07) is 6.01. The SMILES string of the molecule is CC(C)c1nn2ccccc2c1-c1cnc(N)nc1. The highest BCUT2D eigenvalue weighted by Gasteiger charge is 2.17. The van der Waals surface area contributed by atoms with Gasteiger partial charge in [0.25, 0.3) is 0 Å². The van der Waals surface area contributed by atoms with Crippen molar-refractivity contribution >= 4 is 11.5 Å². The Hall–Kier alpha value is -2.43. The average Bonchev–Trinajstić information content (AvgIpc) is 2.79. The van der Waals surface area contributed by atoms with Crippen LogP contribution in [0.2, 0.25) is 0 Å². The molecule has 2 N–H and O–H groups in total. The number of nitrogens with two attached hydrogens (primary N) is 1. The summed E-state index contributed by atoms with van der Waals surface area (Å²) in [6.07, 6.45) is 5.44. The van der Waals surface area contributed by atoms with E-state index >= 15 is 0 Å². The lowest BCUT2D eigenvalue weighted by atomic mass is 10.0. The van der Waals surface area contributed by atoms with Gasteiger partial charge in [-0.3, -0.25) is 0 Å². The van der Waals surface area contributed by atoms with Crippen LogP contribution in [0.4, 0.5) is 5.95 Å². The molecule has 5 nitrogen and oxygen atoms in total. The monoisotopic (exact) mass is 253 g/mol. The van der Waals surface area contributed by atoms with Gasteiger partial charge in [-0.2, -0.15) is 5.10 Å². The fourth-order valence-electron chi connectivity index (χ4n) is 2.18. The molecule has 0 unspecified atom stereocenters. The summed E-state index contributed by atoms with van der Waals surface area (Å²) in [5.41, 5.74) is 9.67. The minimum absolute atomic E-state index is 0.284. The first kappa shape index (κ1) is 11.6. The van der Waals surface area contributed by atoms with Crippen molar-refractivity contribution in [3.05, 3.63) is 42.5 Å². The predicted molar refractivity (Wildman–Crippen MR) is 74.7 cm³/mol. The molecule has 0 aromatic carbocycles. The Morgan fingerprint density at radius 1 is 1.16 bits per heavy atom. The van der Waals surface area contributed by atoms with E-state index in [0.29, 0.717) is 5.92 Å². The summed E-state index contributed by atoms with van der Waals surface area (Å²) < 4.78 is 1.89. The largest absolute Gasteiger partial charge is 0.368 e. The number of fused-ring (bicyclic) bond motifs is 1. The summed E-state index contributed by atoms with van der Waals surface area (Å²) in [6.45, 7) is 4.26. The van der Waals surface area contributed by atoms with Crippen LogP contribution in [-0.2, 0) is 0 Å². The number of aromatic nitrogens is 4. The van der Waals surface area contributed by atoms with Crippen molar-refractivity contribution in [2.45, 2.75) is 19.8 Å². The summed E-state index contributed by atoms with van der Waals surface area (Å²) >= 11 is 0. The number of nitrogen functional groups attached to an aromatic ring is 1. The molecule has 3 rings (SSSR count). The zero-order valence-corrected chi connectivity index (χ0v) is 10.9. The molecule has 0 aliphatic carbocycles. The second kappa shape index (κ2) is 4.35. The number of pyridine rings is 1.